The number of nitrogens with two attached hydrogens (primary N) is 1. The second-order valence-electron chi connectivity index (χ2n) is 5.94. The van der Waals surface area contributed by atoms with E-state index < -0.39 is 0 Å². The molecule has 1 rings (SSSR count). The van der Waals surface area contributed by atoms with Gasteiger partial charge in [-0.05, 0) is 17.3 Å². The SMILES string of the molecule is CC1C(CO)OC(C(C)(C)C)C(N)C1C. The van der Waals surface area contributed by atoms with E-state index in [1.54, 1.807) is 0 Å². The number of rotatable bonds is 1. The van der Waals surface area contributed by atoms with Crippen molar-refractivity contribution in [3.63, 3.8) is 0 Å². The van der Waals surface area contributed by atoms with Gasteiger partial charge in [0.1, 0.15) is 0 Å². The molecule has 15 heavy (non-hydrogen) atoms. The molecule has 0 aromatic heterocycles. The molecule has 1 aliphatic heterocycles. The average Bonchev–Trinajstić information content (AvgIpc) is 2.13. The van der Waals surface area contributed by atoms with Crippen molar-refractivity contribution in [2.24, 2.45) is 23.0 Å². The van der Waals surface area contributed by atoms with Crippen LogP contribution in [0.2, 0.25) is 0 Å². The third-order valence-corrected chi connectivity index (χ3v) is 3.73. The van der Waals surface area contributed by atoms with Crippen molar-refractivity contribution in [2.75, 3.05) is 6.61 Å². The molecule has 90 valence electrons. The third kappa shape index (κ3) is 2.52. The maximum Gasteiger partial charge on any atom is 0.0839 e. The summed E-state index contributed by atoms with van der Waals surface area (Å²) in [4.78, 5) is 0. The van der Waals surface area contributed by atoms with Gasteiger partial charge in [-0.2, -0.15) is 0 Å². The van der Waals surface area contributed by atoms with Crippen molar-refractivity contribution in [1.29, 1.82) is 0 Å². The summed E-state index contributed by atoms with van der Waals surface area (Å²) in [6.45, 7) is 10.7. The van der Waals surface area contributed by atoms with Crippen LogP contribution in [-0.2, 0) is 4.74 Å². The molecule has 0 bridgehead atoms. The van der Waals surface area contributed by atoms with Crippen LogP contribution in [0.4, 0.5) is 0 Å². The van der Waals surface area contributed by atoms with Gasteiger partial charge in [-0.3, -0.25) is 0 Å². The van der Waals surface area contributed by atoms with Crippen LogP contribution in [0.3, 0.4) is 0 Å². The van der Waals surface area contributed by atoms with Crippen molar-refractivity contribution in [3.05, 3.63) is 0 Å². The molecule has 0 amide bonds. The largest absolute Gasteiger partial charge is 0.394 e. The predicted molar refractivity (Wildman–Crippen MR) is 61.5 cm³/mol. The number of aliphatic hydroxyl groups excluding tert-OH is 1. The van der Waals surface area contributed by atoms with E-state index in [0.29, 0.717) is 11.8 Å². The Kier molecular flexibility index (Phi) is 3.80. The maximum atomic E-state index is 9.28. The molecular weight excluding hydrogens is 190 g/mol. The average molecular weight is 215 g/mol. The summed E-state index contributed by atoms with van der Waals surface area (Å²) in [7, 11) is 0. The molecule has 0 spiro atoms. The number of hydrogen-bond donors (Lipinski definition) is 2. The molecule has 0 aromatic rings. The Morgan fingerprint density at radius 1 is 1.20 bits per heavy atom. The molecule has 1 heterocycles. The summed E-state index contributed by atoms with van der Waals surface area (Å²) in [5.41, 5.74) is 6.24. The topological polar surface area (TPSA) is 55.5 Å². The summed E-state index contributed by atoms with van der Waals surface area (Å²) in [6.07, 6.45) is -0.0372. The van der Waals surface area contributed by atoms with Crippen molar-refractivity contribution in [2.45, 2.75) is 52.9 Å². The highest BCUT2D eigenvalue weighted by molar-refractivity contribution is 4.95. The fourth-order valence-electron chi connectivity index (χ4n) is 2.36. The van der Waals surface area contributed by atoms with Crippen LogP contribution in [0.15, 0.2) is 0 Å². The quantitative estimate of drug-likeness (QED) is 0.695. The maximum absolute atomic E-state index is 9.28. The second-order valence-corrected chi connectivity index (χ2v) is 5.94. The Balaban J connectivity index is 2.83. The molecule has 0 saturated carbocycles. The molecule has 3 N–H and O–H groups in total. The van der Waals surface area contributed by atoms with Gasteiger partial charge in [0.2, 0.25) is 0 Å². The summed E-state index contributed by atoms with van der Waals surface area (Å²) < 4.78 is 5.92. The molecular formula is C12H25NO2. The normalized spacial score (nSPS) is 43.0. The lowest BCUT2D eigenvalue weighted by Gasteiger charge is -2.47. The van der Waals surface area contributed by atoms with Gasteiger partial charge in [0, 0.05) is 6.04 Å². The monoisotopic (exact) mass is 215 g/mol. The van der Waals surface area contributed by atoms with Crippen LogP contribution < -0.4 is 5.73 Å². The molecule has 3 nitrogen and oxygen atoms in total. The second kappa shape index (κ2) is 4.40. The Bertz CT molecular complexity index is 210. The fourth-order valence-corrected chi connectivity index (χ4v) is 2.36. The summed E-state index contributed by atoms with van der Waals surface area (Å²) in [5, 5.41) is 9.28. The molecule has 0 radical (unpaired) electrons. The molecule has 1 saturated heterocycles. The van der Waals surface area contributed by atoms with Crippen LogP contribution in [0, 0.1) is 17.3 Å². The van der Waals surface area contributed by atoms with E-state index >= 15 is 0 Å². The van der Waals surface area contributed by atoms with Crippen LogP contribution in [0.25, 0.3) is 0 Å². The molecule has 0 aromatic carbocycles. The van der Waals surface area contributed by atoms with E-state index in [-0.39, 0.29) is 30.3 Å². The lowest BCUT2D eigenvalue weighted by molar-refractivity contribution is -0.163. The first kappa shape index (κ1) is 12.9. The lowest BCUT2D eigenvalue weighted by atomic mass is 9.73. The van der Waals surface area contributed by atoms with Gasteiger partial charge in [0.05, 0.1) is 18.8 Å². The lowest BCUT2D eigenvalue weighted by Crippen LogP contribution is -2.58. The van der Waals surface area contributed by atoms with Gasteiger partial charge in [-0.25, -0.2) is 0 Å². The summed E-state index contributed by atoms with van der Waals surface area (Å²) in [5.74, 6) is 0.712. The summed E-state index contributed by atoms with van der Waals surface area (Å²) in [6, 6.07) is 0.0581. The number of aliphatic hydroxyl groups is 1. The Hall–Kier alpha value is -0.120. The first-order valence-corrected chi connectivity index (χ1v) is 5.81. The molecule has 0 aliphatic carbocycles. The van der Waals surface area contributed by atoms with Crippen LogP contribution in [-0.4, -0.2) is 30.0 Å². The summed E-state index contributed by atoms with van der Waals surface area (Å²) >= 11 is 0. The zero-order valence-corrected chi connectivity index (χ0v) is 10.5. The molecule has 5 atom stereocenters. The van der Waals surface area contributed by atoms with Gasteiger partial charge in [0.25, 0.3) is 0 Å². The minimum absolute atomic E-state index is 0.0286. The highest BCUT2D eigenvalue weighted by atomic mass is 16.5. The smallest absolute Gasteiger partial charge is 0.0839 e. The fraction of sp³-hybridized carbons (Fsp3) is 1.00. The van der Waals surface area contributed by atoms with Gasteiger partial charge in [-0.1, -0.05) is 34.6 Å². The minimum atomic E-state index is -0.0657. The van der Waals surface area contributed by atoms with E-state index in [2.05, 4.69) is 34.6 Å². The van der Waals surface area contributed by atoms with Crippen molar-refractivity contribution < 1.29 is 9.84 Å². The van der Waals surface area contributed by atoms with Gasteiger partial charge >= 0.3 is 0 Å². The van der Waals surface area contributed by atoms with E-state index in [1.165, 1.54) is 0 Å². The highest BCUT2D eigenvalue weighted by Gasteiger charge is 2.43. The van der Waals surface area contributed by atoms with Crippen molar-refractivity contribution >= 4 is 0 Å². The van der Waals surface area contributed by atoms with E-state index in [0.717, 1.165) is 0 Å². The Morgan fingerprint density at radius 2 is 1.73 bits per heavy atom. The molecule has 1 fully saturated rings. The van der Waals surface area contributed by atoms with Crippen LogP contribution >= 0.6 is 0 Å². The van der Waals surface area contributed by atoms with Crippen molar-refractivity contribution in [1.82, 2.24) is 0 Å². The Morgan fingerprint density at radius 3 is 2.13 bits per heavy atom. The third-order valence-electron chi connectivity index (χ3n) is 3.73. The zero-order chi connectivity index (χ0) is 11.8. The van der Waals surface area contributed by atoms with E-state index in [1.807, 2.05) is 0 Å². The van der Waals surface area contributed by atoms with Crippen LogP contribution in [0.1, 0.15) is 34.6 Å². The zero-order valence-electron chi connectivity index (χ0n) is 10.5. The predicted octanol–water partition coefficient (Wildman–Crippen LogP) is 1.39. The van der Waals surface area contributed by atoms with Crippen molar-refractivity contribution in [3.8, 4) is 0 Å². The van der Waals surface area contributed by atoms with Gasteiger partial charge in [-0.15, -0.1) is 0 Å². The minimum Gasteiger partial charge on any atom is -0.394 e. The number of ether oxygens (including phenoxy) is 1. The molecule has 3 heteroatoms. The molecule has 5 unspecified atom stereocenters. The highest BCUT2D eigenvalue weighted by Crippen LogP contribution is 2.37. The Labute approximate surface area is 93.0 Å². The first-order valence-electron chi connectivity index (χ1n) is 5.81. The van der Waals surface area contributed by atoms with E-state index in [4.69, 9.17) is 10.5 Å². The van der Waals surface area contributed by atoms with Crippen LogP contribution in [0.5, 0.6) is 0 Å². The van der Waals surface area contributed by atoms with Gasteiger partial charge < -0.3 is 15.6 Å². The number of hydrogen-bond acceptors (Lipinski definition) is 3. The standard InChI is InChI=1S/C12H25NO2/c1-7-8(2)10(13)11(12(3,4)5)15-9(7)6-14/h7-11,14H,6,13H2,1-5H3. The van der Waals surface area contributed by atoms with Gasteiger partial charge in [0.15, 0.2) is 0 Å². The first-order chi connectivity index (χ1) is 6.79. The molecule has 1 aliphatic rings. The van der Waals surface area contributed by atoms with E-state index in [9.17, 15) is 5.11 Å².